The maximum Gasteiger partial charge on any atom is 0.259 e. The lowest BCUT2D eigenvalue weighted by Gasteiger charge is -2.24. The van der Waals surface area contributed by atoms with Crippen LogP contribution in [0.2, 0.25) is 10.0 Å². The van der Waals surface area contributed by atoms with Gasteiger partial charge in [0.05, 0.1) is 27.6 Å². The third-order valence-electron chi connectivity index (χ3n) is 5.09. The molecule has 4 aromatic rings. The number of hydrogen-bond donors (Lipinski definition) is 2. The van der Waals surface area contributed by atoms with Crippen molar-refractivity contribution in [1.82, 2.24) is 15.0 Å². The molecular weight excluding hydrogens is 461 g/mol. The largest absolute Gasteiger partial charge is 0.366 e. The van der Waals surface area contributed by atoms with Crippen LogP contribution in [0.5, 0.6) is 0 Å². The van der Waals surface area contributed by atoms with Crippen LogP contribution >= 0.6 is 23.2 Å². The van der Waals surface area contributed by atoms with E-state index >= 15 is 0 Å². The van der Waals surface area contributed by atoms with Gasteiger partial charge in [0, 0.05) is 47.9 Å². The number of amides is 2. The van der Waals surface area contributed by atoms with Gasteiger partial charge in [0.15, 0.2) is 0 Å². The SMILES string of the molecule is NC(=O)c1ccc(C(=O)N(CCc2cnc[nH]2)c2ccc(Cl)c(-c3ccccn3)c2)c(Cl)c1. The highest BCUT2D eigenvalue weighted by Gasteiger charge is 2.22. The molecule has 0 atom stereocenters. The summed E-state index contributed by atoms with van der Waals surface area (Å²) in [5, 5.41) is 0.656. The Kier molecular flexibility index (Phi) is 6.72. The van der Waals surface area contributed by atoms with Gasteiger partial charge in [-0.3, -0.25) is 14.6 Å². The number of H-pyrrole nitrogens is 1. The zero-order valence-electron chi connectivity index (χ0n) is 17.3. The molecule has 3 N–H and O–H groups in total. The van der Waals surface area contributed by atoms with E-state index in [-0.39, 0.29) is 22.1 Å². The Morgan fingerprint density at radius 3 is 2.55 bits per heavy atom. The zero-order valence-corrected chi connectivity index (χ0v) is 18.8. The third-order valence-corrected chi connectivity index (χ3v) is 5.73. The predicted molar refractivity (Wildman–Crippen MR) is 129 cm³/mol. The van der Waals surface area contributed by atoms with Crippen LogP contribution < -0.4 is 10.6 Å². The maximum atomic E-state index is 13.6. The van der Waals surface area contributed by atoms with Crippen LogP contribution in [0.1, 0.15) is 26.4 Å². The molecule has 0 bridgehead atoms. The number of benzene rings is 2. The van der Waals surface area contributed by atoms with Gasteiger partial charge in [-0.2, -0.15) is 0 Å². The van der Waals surface area contributed by atoms with E-state index in [1.54, 1.807) is 35.8 Å². The highest BCUT2D eigenvalue weighted by Crippen LogP contribution is 2.32. The first-order valence-electron chi connectivity index (χ1n) is 10.0. The molecule has 0 aliphatic carbocycles. The number of aromatic nitrogens is 3. The maximum absolute atomic E-state index is 13.6. The van der Waals surface area contributed by atoms with E-state index in [0.29, 0.717) is 34.9 Å². The lowest BCUT2D eigenvalue weighted by atomic mass is 10.1. The first-order valence-corrected chi connectivity index (χ1v) is 10.8. The monoisotopic (exact) mass is 479 g/mol. The zero-order chi connectivity index (χ0) is 23.4. The Bertz CT molecular complexity index is 1290. The molecule has 2 heterocycles. The molecule has 2 aromatic heterocycles. The molecule has 0 saturated carbocycles. The van der Waals surface area contributed by atoms with E-state index in [0.717, 1.165) is 5.69 Å². The fourth-order valence-corrected chi connectivity index (χ4v) is 3.86. The fraction of sp³-hybridized carbons (Fsp3) is 0.0833. The minimum Gasteiger partial charge on any atom is -0.366 e. The smallest absolute Gasteiger partial charge is 0.259 e. The van der Waals surface area contributed by atoms with Gasteiger partial charge in [0.25, 0.3) is 5.91 Å². The number of nitrogens with zero attached hydrogens (tertiary/aromatic N) is 3. The van der Waals surface area contributed by atoms with Crippen LogP contribution in [0.3, 0.4) is 0 Å². The molecule has 0 saturated heterocycles. The number of aromatic amines is 1. The molecular formula is C24H19Cl2N5O2. The van der Waals surface area contributed by atoms with Gasteiger partial charge in [-0.05, 0) is 48.5 Å². The first kappa shape index (κ1) is 22.5. The molecule has 0 unspecified atom stereocenters. The summed E-state index contributed by atoms with van der Waals surface area (Å²) in [6.07, 6.45) is 5.50. The lowest BCUT2D eigenvalue weighted by Crippen LogP contribution is -2.33. The Labute approximate surface area is 200 Å². The van der Waals surface area contributed by atoms with Crippen LogP contribution in [0.25, 0.3) is 11.3 Å². The summed E-state index contributed by atoms with van der Waals surface area (Å²) in [5.41, 5.74) is 8.69. The van der Waals surface area contributed by atoms with Gasteiger partial charge in [-0.25, -0.2) is 4.98 Å². The van der Waals surface area contributed by atoms with Gasteiger partial charge >= 0.3 is 0 Å². The summed E-state index contributed by atoms with van der Waals surface area (Å²) >= 11 is 12.8. The van der Waals surface area contributed by atoms with E-state index in [1.807, 2.05) is 24.3 Å². The second-order valence-corrected chi connectivity index (χ2v) is 8.04. The Morgan fingerprint density at radius 1 is 1.03 bits per heavy atom. The van der Waals surface area contributed by atoms with Crippen LogP contribution in [-0.4, -0.2) is 33.3 Å². The minimum absolute atomic E-state index is 0.141. The number of carbonyl (C=O) groups excluding carboxylic acids is 2. The molecule has 2 amide bonds. The van der Waals surface area contributed by atoms with Crippen LogP contribution in [0.4, 0.5) is 5.69 Å². The van der Waals surface area contributed by atoms with Crippen molar-refractivity contribution in [2.75, 3.05) is 11.4 Å². The van der Waals surface area contributed by atoms with Crippen LogP contribution in [0, 0.1) is 0 Å². The molecule has 9 heteroatoms. The van der Waals surface area contributed by atoms with Gasteiger partial charge in [0.2, 0.25) is 5.91 Å². The van der Waals surface area contributed by atoms with E-state index < -0.39 is 5.91 Å². The number of halogens is 2. The highest BCUT2D eigenvalue weighted by atomic mass is 35.5. The first-order chi connectivity index (χ1) is 15.9. The molecule has 0 fully saturated rings. The molecule has 166 valence electrons. The summed E-state index contributed by atoms with van der Waals surface area (Å²) in [7, 11) is 0. The Hall–Kier alpha value is -3.68. The second-order valence-electron chi connectivity index (χ2n) is 7.22. The second kappa shape index (κ2) is 9.85. The summed E-state index contributed by atoms with van der Waals surface area (Å²) in [4.78, 5) is 38.1. The summed E-state index contributed by atoms with van der Waals surface area (Å²) in [5.74, 6) is -0.950. The lowest BCUT2D eigenvalue weighted by molar-refractivity contribution is 0.0980. The number of imidazole rings is 1. The standard InChI is InChI=1S/C24H19Cl2N5O2/c25-20-7-5-17(12-19(20)22-3-1-2-9-29-22)31(10-8-16-13-28-14-30-16)24(33)18-6-4-15(23(27)32)11-21(18)26/h1-7,9,11-14H,8,10H2,(H2,27,32)(H,28,30). The number of nitrogens with one attached hydrogen (secondary N) is 1. The topological polar surface area (TPSA) is 105 Å². The minimum atomic E-state index is -0.621. The van der Waals surface area contributed by atoms with E-state index in [1.165, 1.54) is 18.2 Å². The van der Waals surface area contributed by atoms with Crippen molar-refractivity contribution in [1.29, 1.82) is 0 Å². The molecule has 33 heavy (non-hydrogen) atoms. The quantitative estimate of drug-likeness (QED) is 0.398. The summed E-state index contributed by atoms with van der Waals surface area (Å²) in [6, 6.07) is 15.2. The molecule has 7 nitrogen and oxygen atoms in total. The number of hydrogen-bond acceptors (Lipinski definition) is 4. The number of pyridine rings is 1. The molecule has 0 spiro atoms. The number of rotatable bonds is 7. The fourth-order valence-electron chi connectivity index (χ4n) is 3.39. The average molecular weight is 480 g/mol. The van der Waals surface area contributed by atoms with Gasteiger partial charge < -0.3 is 15.6 Å². The van der Waals surface area contributed by atoms with E-state index in [9.17, 15) is 9.59 Å². The Morgan fingerprint density at radius 2 is 1.88 bits per heavy atom. The Balaban J connectivity index is 1.74. The van der Waals surface area contributed by atoms with Crippen molar-refractivity contribution in [3.05, 3.63) is 100 Å². The average Bonchev–Trinajstić information content (AvgIpc) is 3.34. The predicted octanol–water partition coefficient (Wildman–Crippen LogP) is 4.77. The summed E-state index contributed by atoms with van der Waals surface area (Å²) in [6.45, 7) is 0.345. The highest BCUT2D eigenvalue weighted by molar-refractivity contribution is 6.35. The van der Waals surface area contributed by atoms with Crippen molar-refractivity contribution < 1.29 is 9.59 Å². The number of nitrogens with two attached hydrogens (primary N) is 1. The number of anilines is 1. The molecule has 0 aliphatic rings. The molecule has 2 aromatic carbocycles. The molecule has 0 radical (unpaired) electrons. The van der Waals surface area contributed by atoms with Gasteiger partial charge in [0.1, 0.15) is 0 Å². The van der Waals surface area contributed by atoms with Crippen LogP contribution in [0.15, 0.2) is 73.3 Å². The van der Waals surface area contributed by atoms with Crippen molar-refractivity contribution in [3.8, 4) is 11.3 Å². The van der Waals surface area contributed by atoms with Gasteiger partial charge in [-0.15, -0.1) is 0 Å². The van der Waals surface area contributed by atoms with E-state index in [2.05, 4.69) is 15.0 Å². The molecule has 0 aliphatic heterocycles. The molecule has 4 rings (SSSR count). The number of primary amides is 1. The van der Waals surface area contributed by atoms with Gasteiger partial charge in [-0.1, -0.05) is 29.3 Å². The van der Waals surface area contributed by atoms with Crippen molar-refractivity contribution in [3.63, 3.8) is 0 Å². The van der Waals surface area contributed by atoms with Crippen LogP contribution in [-0.2, 0) is 6.42 Å². The van der Waals surface area contributed by atoms with Crippen molar-refractivity contribution in [2.24, 2.45) is 5.73 Å². The summed E-state index contributed by atoms with van der Waals surface area (Å²) < 4.78 is 0. The normalized spacial score (nSPS) is 10.7. The van der Waals surface area contributed by atoms with Crippen molar-refractivity contribution in [2.45, 2.75) is 6.42 Å². The van der Waals surface area contributed by atoms with E-state index in [4.69, 9.17) is 28.9 Å². The third kappa shape index (κ3) is 5.05. The number of carbonyl (C=O) groups is 2. The van der Waals surface area contributed by atoms with Crippen molar-refractivity contribution >= 4 is 40.7 Å².